The molecule has 0 fully saturated rings. The van der Waals surface area contributed by atoms with Gasteiger partial charge in [0, 0.05) is 11.4 Å². The van der Waals surface area contributed by atoms with E-state index in [4.69, 9.17) is 0 Å². The summed E-state index contributed by atoms with van der Waals surface area (Å²) in [5.74, 6) is -0.539. The van der Waals surface area contributed by atoms with E-state index in [0.717, 1.165) is 5.69 Å². The summed E-state index contributed by atoms with van der Waals surface area (Å²) in [6, 6.07) is 6.16. The molecule has 1 amide bonds. The Labute approximate surface area is 121 Å². The average molecular weight is 293 g/mol. The maximum Gasteiger partial charge on any atom is 0.230 e. The first-order valence-corrected chi connectivity index (χ1v) is 7.13. The van der Waals surface area contributed by atoms with Crippen molar-refractivity contribution in [3.8, 4) is 0 Å². The standard InChI is InChI=1S/C14H16FN3OS/c1-9(16-2)12-8-20-14(17-12)18-13(19)7-10-4-3-5-11(15)6-10/h3-6,8-9,16H,7H2,1-2H3,(H,17,18,19). The van der Waals surface area contributed by atoms with Gasteiger partial charge in [-0.05, 0) is 31.7 Å². The molecule has 2 rings (SSSR count). The van der Waals surface area contributed by atoms with E-state index < -0.39 is 0 Å². The zero-order valence-corrected chi connectivity index (χ0v) is 12.1. The highest BCUT2D eigenvalue weighted by atomic mass is 32.1. The van der Waals surface area contributed by atoms with E-state index in [1.165, 1.54) is 23.5 Å². The van der Waals surface area contributed by atoms with E-state index in [0.29, 0.717) is 10.7 Å². The molecule has 0 saturated carbocycles. The highest BCUT2D eigenvalue weighted by Gasteiger charge is 2.10. The lowest BCUT2D eigenvalue weighted by molar-refractivity contribution is -0.115. The van der Waals surface area contributed by atoms with E-state index >= 15 is 0 Å². The van der Waals surface area contributed by atoms with Crippen LogP contribution in [0.5, 0.6) is 0 Å². The fourth-order valence-corrected chi connectivity index (χ4v) is 2.51. The second-order valence-electron chi connectivity index (χ2n) is 4.44. The van der Waals surface area contributed by atoms with E-state index in [-0.39, 0.29) is 24.2 Å². The number of hydrogen-bond acceptors (Lipinski definition) is 4. The molecule has 1 unspecified atom stereocenters. The van der Waals surface area contributed by atoms with E-state index in [1.807, 2.05) is 19.4 Å². The molecule has 0 saturated heterocycles. The van der Waals surface area contributed by atoms with Crippen LogP contribution in [0.15, 0.2) is 29.6 Å². The number of nitrogens with one attached hydrogen (secondary N) is 2. The van der Waals surface area contributed by atoms with Gasteiger partial charge in [0.15, 0.2) is 5.13 Å². The molecule has 1 heterocycles. The molecule has 0 radical (unpaired) electrons. The summed E-state index contributed by atoms with van der Waals surface area (Å²) in [5.41, 5.74) is 1.53. The molecule has 20 heavy (non-hydrogen) atoms. The first-order valence-electron chi connectivity index (χ1n) is 6.25. The van der Waals surface area contributed by atoms with Crippen LogP contribution < -0.4 is 10.6 Å². The van der Waals surface area contributed by atoms with Crippen LogP contribution in [0.25, 0.3) is 0 Å². The molecule has 0 aliphatic rings. The SMILES string of the molecule is CNC(C)c1csc(NC(=O)Cc2cccc(F)c2)n1. The van der Waals surface area contributed by atoms with Crippen molar-refractivity contribution >= 4 is 22.4 Å². The fourth-order valence-electron chi connectivity index (χ4n) is 1.69. The number of carbonyl (C=O) groups excluding carboxylic acids is 1. The normalized spacial score (nSPS) is 12.2. The van der Waals surface area contributed by atoms with Crippen LogP contribution >= 0.6 is 11.3 Å². The number of amides is 1. The van der Waals surface area contributed by atoms with Crippen molar-refractivity contribution in [3.05, 3.63) is 46.7 Å². The Morgan fingerprint density at radius 2 is 2.30 bits per heavy atom. The number of hydrogen-bond donors (Lipinski definition) is 2. The van der Waals surface area contributed by atoms with Crippen LogP contribution in [-0.4, -0.2) is 17.9 Å². The molecule has 6 heteroatoms. The summed E-state index contributed by atoms with van der Waals surface area (Å²) in [7, 11) is 1.85. The van der Waals surface area contributed by atoms with Gasteiger partial charge in [-0.2, -0.15) is 0 Å². The van der Waals surface area contributed by atoms with E-state index in [2.05, 4.69) is 15.6 Å². The van der Waals surface area contributed by atoms with Crippen molar-refractivity contribution in [1.29, 1.82) is 0 Å². The fraction of sp³-hybridized carbons (Fsp3) is 0.286. The van der Waals surface area contributed by atoms with Crippen LogP contribution in [0, 0.1) is 5.82 Å². The molecule has 0 aliphatic carbocycles. The monoisotopic (exact) mass is 293 g/mol. The Morgan fingerprint density at radius 3 is 3.00 bits per heavy atom. The van der Waals surface area contributed by atoms with Gasteiger partial charge >= 0.3 is 0 Å². The Kier molecular flexibility index (Phi) is 4.81. The van der Waals surface area contributed by atoms with Crippen LogP contribution in [0.4, 0.5) is 9.52 Å². The minimum absolute atomic E-state index is 0.133. The van der Waals surface area contributed by atoms with Gasteiger partial charge in [-0.25, -0.2) is 9.37 Å². The van der Waals surface area contributed by atoms with Gasteiger partial charge < -0.3 is 10.6 Å². The third kappa shape index (κ3) is 3.85. The molecule has 1 aromatic heterocycles. The lowest BCUT2D eigenvalue weighted by Crippen LogP contribution is -2.15. The summed E-state index contributed by atoms with van der Waals surface area (Å²) < 4.78 is 13.0. The number of anilines is 1. The predicted molar refractivity (Wildman–Crippen MR) is 78.3 cm³/mol. The molecule has 1 aromatic carbocycles. The molecule has 0 bridgehead atoms. The van der Waals surface area contributed by atoms with Crippen LogP contribution in [-0.2, 0) is 11.2 Å². The van der Waals surface area contributed by atoms with Crippen molar-refractivity contribution in [3.63, 3.8) is 0 Å². The molecule has 2 aromatic rings. The van der Waals surface area contributed by atoms with Gasteiger partial charge in [-0.3, -0.25) is 4.79 Å². The van der Waals surface area contributed by atoms with Crippen molar-refractivity contribution in [2.24, 2.45) is 0 Å². The number of carbonyl (C=O) groups is 1. The molecule has 1 atom stereocenters. The van der Waals surface area contributed by atoms with Gasteiger partial charge in [0.05, 0.1) is 12.1 Å². The number of benzene rings is 1. The first kappa shape index (κ1) is 14.6. The van der Waals surface area contributed by atoms with E-state index in [1.54, 1.807) is 12.1 Å². The van der Waals surface area contributed by atoms with Crippen LogP contribution in [0.3, 0.4) is 0 Å². The molecule has 0 aliphatic heterocycles. The number of nitrogens with zero attached hydrogens (tertiary/aromatic N) is 1. The molecular formula is C14H16FN3OS. The highest BCUT2D eigenvalue weighted by molar-refractivity contribution is 7.13. The summed E-state index contributed by atoms with van der Waals surface area (Å²) >= 11 is 1.38. The Bertz CT molecular complexity index is 600. The number of halogens is 1. The molecule has 0 spiro atoms. The smallest absolute Gasteiger partial charge is 0.230 e. The molecule has 4 nitrogen and oxygen atoms in total. The van der Waals surface area contributed by atoms with Crippen molar-refractivity contribution in [2.75, 3.05) is 12.4 Å². The van der Waals surface area contributed by atoms with Crippen LogP contribution in [0.1, 0.15) is 24.2 Å². The van der Waals surface area contributed by atoms with E-state index in [9.17, 15) is 9.18 Å². The molecule has 106 valence electrons. The third-order valence-electron chi connectivity index (χ3n) is 2.90. The maximum atomic E-state index is 13.0. The Hall–Kier alpha value is -1.79. The lowest BCUT2D eigenvalue weighted by Gasteiger charge is -2.05. The minimum atomic E-state index is -0.338. The second kappa shape index (κ2) is 6.58. The van der Waals surface area contributed by atoms with Gasteiger partial charge in [0.25, 0.3) is 0 Å². The zero-order valence-electron chi connectivity index (χ0n) is 11.3. The zero-order chi connectivity index (χ0) is 14.5. The highest BCUT2D eigenvalue weighted by Crippen LogP contribution is 2.20. The quantitative estimate of drug-likeness (QED) is 0.891. The Morgan fingerprint density at radius 1 is 1.50 bits per heavy atom. The summed E-state index contributed by atoms with van der Waals surface area (Å²) in [4.78, 5) is 16.2. The number of thiazole rings is 1. The number of aromatic nitrogens is 1. The third-order valence-corrected chi connectivity index (χ3v) is 3.67. The predicted octanol–water partition coefficient (Wildman–Crippen LogP) is 2.74. The summed E-state index contributed by atoms with van der Waals surface area (Å²) in [6.07, 6.45) is 0.133. The number of rotatable bonds is 5. The summed E-state index contributed by atoms with van der Waals surface area (Å²) in [6.45, 7) is 1.99. The van der Waals surface area contributed by atoms with Gasteiger partial charge in [-0.15, -0.1) is 11.3 Å². The average Bonchev–Trinajstić information content (AvgIpc) is 2.86. The minimum Gasteiger partial charge on any atom is -0.312 e. The Balaban J connectivity index is 1.96. The van der Waals surface area contributed by atoms with Crippen molar-refractivity contribution < 1.29 is 9.18 Å². The van der Waals surface area contributed by atoms with Crippen molar-refractivity contribution in [2.45, 2.75) is 19.4 Å². The van der Waals surface area contributed by atoms with Gasteiger partial charge in [0.1, 0.15) is 5.82 Å². The maximum absolute atomic E-state index is 13.0. The second-order valence-corrected chi connectivity index (χ2v) is 5.30. The van der Waals surface area contributed by atoms with Gasteiger partial charge in [0.2, 0.25) is 5.91 Å². The topological polar surface area (TPSA) is 54.0 Å². The first-order chi connectivity index (χ1) is 9.58. The molecule has 2 N–H and O–H groups in total. The van der Waals surface area contributed by atoms with Crippen molar-refractivity contribution in [1.82, 2.24) is 10.3 Å². The largest absolute Gasteiger partial charge is 0.312 e. The lowest BCUT2D eigenvalue weighted by atomic mass is 10.1. The molecular weight excluding hydrogens is 277 g/mol. The van der Waals surface area contributed by atoms with Crippen LogP contribution in [0.2, 0.25) is 0 Å². The summed E-state index contributed by atoms with van der Waals surface area (Å²) in [5, 5.41) is 8.27. The van der Waals surface area contributed by atoms with Gasteiger partial charge in [-0.1, -0.05) is 12.1 Å².